The molecule has 0 aliphatic carbocycles. The Bertz CT molecular complexity index is 849. The van der Waals surface area contributed by atoms with Gasteiger partial charge in [-0.05, 0) is 39.0 Å². The number of ether oxygens (including phenoxy) is 1. The number of esters is 1. The second kappa shape index (κ2) is 6.40. The molecule has 0 spiro atoms. The van der Waals surface area contributed by atoms with Gasteiger partial charge in [0.1, 0.15) is 10.6 Å². The minimum absolute atomic E-state index is 0.279. The van der Waals surface area contributed by atoms with E-state index in [1.807, 2.05) is 0 Å². The van der Waals surface area contributed by atoms with Crippen LogP contribution in [0, 0.1) is 6.92 Å². The zero-order valence-corrected chi connectivity index (χ0v) is 14.2. The monoisotopic (exact) mass is 345 g/mol. The van der Waals surface area contributed by atoms with E-state index in [9.17, 15) is 9.59 Å². The molecule has 2 aromatic heterocycles. The third-order valence-electron chi connectivity index (χ3n) is 3.32. The molecule has 0 N–H and O–H groups in total. The maximum atomic E-state index is 12.6. The summed E-state index contributed by atoms with van der Waals surface area (Å²) in [5.41, 5.74) is 1.50. The van der Waals surface area contributed by atoms with Crippen molar-refractivity contribution >= 4 is 40.1 Å². The number of nitrogens with zero attached hydrogens (tertiary/aromatic N) is 3. The van der Waals surface area contributed by atoms with Gasteiger partial charge >= 0.3 is 5.97 Å². The smallest absolute Gasteiger partial charge is 0.350 e. The maximum absolute atomic E-state index is 12.6. The number of aromatic nitrogens is 1. The maximum Gasteiger partial charge on any atom is 0.350 e. The van der Waals surface area contributed by atoms with Gasteiger partial charge in [-0.1, -0.05) is 11.3 Å². The number of thiazole rings is 1. The zero-order chi connectivity index (χ0) is 17.3. The highest BCUT2D eigenvalue weighted by Crippen LogP contribution is 2.31. The van der Waals surface area contributed by atoms with Crippen LogP contribution < -0.4 is 5.01 Å². The van der Waals surface area contributed by atoms with Gasteiger partial charge in [-0.25, -0.2) is 9.78 Å². The molecular formula is C16H15N3O4S. The molecule has 24 heavy (non-hydrogen) atoms. The Labute approximate surface area is 142 Å². The summed E-state index contributed by atoms with van der Waals surface area (Å²) in [6.07, 6.45) is 3.17. The van der Waals surface area contributed by atoms with Crippen LogP contribution in [0.15, 0.2) is 33.5 Å². The minimum atomic E-state index is -0.447. The number of amides is 1. The quantitative estimate of drug-likeness (QED) is 0.628. The van der Waals surface area contributed by atoms with Crippen molar-refractivity contribution < 1.29 is 18.7 Å². The van der Waals surface area contributed by atoms with Crippen LogP contribution in [0.4, 0.5) is 5.13 Å². The average molecular weight is 345 g/mol. The first-order chi connectivity index (χ1) is 11.5. The van der Waals surface area contributed by atoms with E-state index < -0.39 is 5.97 Å². The highest BCUT2D eigenvalue weighted by Gasteiger charge is 2.32. The fraction of sp³-hybridized carbons (Fsp3) is 0.250. The Morgan fingerprint density at radius 2 is 2.25 bits per heavy atom. The number of rotatable bonds is 4. The van der Waals surface area contributed by atoms with Crippen molar-refractivity contribution in [2.45, 2.75) is 20.8 Å². The summed E-state index contributed by atoms with van der Waals surface area (Å²) in [6, 6.07) is 3.49. The number of aryl methyl sites for hydroxylation is 1. The van der Waals surface area contributed by atoms with Gasteiger partial charge in [0, 0.05) is 0 Å². The molecule has 0 unspecified atom stereocenters. The van der Waals surface area contributed by atoms with Crippen molar-refractivity contribution in [3.05, 3.63) is 40.3 Å². The lowest BCUT2D eigenvalue weighted by Gasteiger charge is -2.06. The van der Waals surface area contributed by atoms with Gasteiger partial charge in [-0.15, -0.1) is 0 Å². The van der Waals surface area contributed by atoms with Gasteiger partial charge in [-0.3, -0.25) is 4.79 Å². The molecule has 3 heterocycles. The molecule has 1 amide bonds. The molecule has 0 bridgehead atoms. The van der Waals surface area contributed by atoms with Crippen molar-refractivity contribution in [1.82, 2.24) is 4.98 Å². The Morgan fingerprint density at radius 1 is 1.46 bits per heavy atom. The molecule has 0 saturated carbocycles. The lowest BCUT2D eigenvalue weighted by atomic mass is 10.1. The van der Waals surface area contributed by atoms with Gasteiger partial charge in [-0.2, -0.15) is 10.1 Å². The van der Waals surface area contributed by atoms with Gasteiger partial charge in [0.2, 0.25) is 5.13 Å². The minimum Gasteiger partial charge on any atom is -0.465 e. The largest absolute Gasteiger partial charge is 0.465 e. The van der Waals surface area contributed by atoms with E-state index in [0.717, 1.165) is 11.3 Å². The van der Waals surface area contributed by atoms with Crippen LogP contribution in [0.5, 0.6) is 0 Å². The van der Waals surface area contributed by atoms with Gasteiger partial charge in [0.25, 0.3) is 5.91 Å². The summed E-state index contributed by atoms with van der Waals surface area (Å²) in [4.78, 5) is 29.2. The molecule has 3 rings (SSSR count). The first-order valence-electron chi connectivity index (χ1n) is 7.31. The second-order valence-corrected chi connectivity index (χ2v) is 5.98. The van der Waals surface area contributed by atoms with Crippen molar-refractivity contribution in [3.8, 4) is 0 Å². The normalized spacial score (nSPS) is 16.0. The predicted octanol–water partition coefficient (Wildman–Crippen LogP) is 3.03. The fourth-order valence-electron chi connectivity index (χ4n) is 2.19. The number of hydrogen-bond acceptors (Lipinski definition) is 7. The number of hydrogen-bond donors (Lipinski definition) is 0. The van der Waals surface area contributed by atoms with E-state index in [0.29, 0.717) is 32.7 Å². The van der Waals surface area contributed by atoms with E-state index in [1.54, 1.807) is 39.0 Å². The van der Waals surface area contributed by atoms with Gasteiger partial charge in [0.15, 0.2) is 0 Å². The Hall–Kier alpha value is -2.74. The molecule has 0 saturated heterocycles. The standard InChI is InChI=1S/C16H15N3O4S/c1-4-22-15(21)13-10(3)17-16(24-13)19-14(20)12(9(2)18-19)8-11-6-5-7-23-11/h5-8H,4H2,1-3H3. The van der Waals surface area contributed by atoms with E-state index >= 15 is 0 Å². The highest BCUT2D eigenvalue weighted by molar-refractivity contribution is 7.17. The van der Waals surface area contributed by atoms with Gasteiger partial charge < -0.3 is 9.15 Å². The predicted molar refractivity (Wildman–Crippen MR) is 90.1 cm³/mol. The molecular weight excluding hydrogens is 330 g/mol. The molecule has 1 aliphatic heterocycles. The van der Waals surface area contributed by atoms with E-state index in [-0.39, 0.29) is 12.5 Å². The molecule has 124 valence electrons. The van der Waals surface area contributed by atoms with Crippen molar-refractivity contribution in [2.24, 2.45) is 5.10 Å². The summed E-state index contributed by atoms with van der Waals surface area (Å²) < 4.78 is 10.2. The fourth-order valence-corrected chi connectivity index (χ4v) is 3.10. The van der Waals surface area contributed by atoms with Crippen molar-refractivity contribution in [2.75, 3.05) is 11.6 Å². The molecule has 0 fully saturated rings. The summed E-state index contributed by atoms with van der Waals surface area (Å²) in [5.74, 6) is -0.192. The molecule has 2 aromatic rings. The number of furan rings is 1. The van der Waals surface area contributed by atoms with E-state index in [4.69, 9.17) is 9.15 Å². The number of anilines is 1. The van der Waals surface area contributed by atoms with Crippen LogP contribution in [0.3, 0.4) is 0 Å². The van der Waals surface area contributed by atoms with Crippen LogP contribution in [0.1, 0.15) is 35.0 Å². The average Bonchev–Trinajstić information content (AvgIpc) is 3.24. The number of carbonyl (C=O) groups excluding carboxylic acids is 2. The molecule has 1 aliphatic rings. The molecule has 8 heteroatoms. The molecule has 0 radical (unpaired) electrons. The van der Waals surface area contributed by atoms with Gasteiger partial charge in [0.05, 0.1) is 29.8 Å². The summed E-state index contributed by atoms with van der Waals surface area (Å²) >= 11 is 1.08. The Balaban J connectivity index is 1.90. The van der Waals surface area contributed by atoms with Crippen LogP contribution in [0.2, 0.25) is 0 Å². The van der Waals surface area contributed by atoms with Crippen LogP contribution in [-0.4, -0.2) is 29.2 Å². The van der Waals surface area contributed by atoms with Crippen LogP contribution in [-0.2, 0) is 9.53 Å². The lowest BCUT2D eigenvalue weighted by Crippen LogP contribution is -2.21. The Morgan fingerprint density at radius 3 is 2.92 bits per heavy atom. The van der Waals surface area contributed by atoms with E-state index in [2.05, 4.69) is 10.1 Å². The second-order valence-electron chi connectivity index (χ2n) is 5.01. The van der Waals surface area contributed by atoms with Crippen LogP contribution in [0.25, 0.3) is 6.08 Å². The topological polar surface area (TPSA) is 85.0 Å². The number of carbonyl (C=O) groups is 2. The summed E-state index contributed by atoms with van der Waals surface area (Å²) in [6.45, 7) is 5.45. The first-order valence-corrected chi connectivity index (χ1v) is 8.12. The van der Waals surface area contributed by atoms with Crippen LogP contribution >= 0.6 is 11.3 Å². The third kappa shape index (κ3) is 2.88. The SMILES string of the molecule is CCOC(=O)c1sc(N2N=C(C)C(=Cc3ccco3)C2=O)nc1C. The van der Waals surface area contributed by atoms with Crippen molar-refractivity contribution in [3.63, 3.8) is 0 Å². The lowest BCUT2D eigenvalue weighted by molar-refractivity contribution is -0.114. The number of hydrazone groups is 1. The molecule has 0 atom stereocenters. The first kappa shape index (κ1) is 16.1. The Kier molecular flexibility index (Phi) is 4.30. The molecule has 0 aromatic carbocycles. The summed E-state index contributed by atoms with van der Waals surface area (Å²) in [5, 5.41) is 5.78. The highest BCUT2D eigenvalue weighted by atomic mass is 32.1. The third-order valence-corrected chi connectivity index (χ3v) is 4.43. The van der Waals surface area contributed by atoms with E-state index in [1.165, 1.54) is 11.3 Å². The molecule has 7 nitrogen and oxygen atoms in total. The summed E-state index contributed by atoms with van der Waals surface area (Å²) in [7, 11) is 0. The zero-order valence-electron chi connectivity index (χ0n) is 13.4. The van der Waals surface area contributed by atoms with Crippen molar-refractivity contribution in [1.29, 1.82) is 0 Å².